The number of nitrogens with one attached hydrogen (secondary N) is 1. The molecule has 52 valence electrons. The summed E-state index contributed by atoms with van der Waals surface area (Å²) in [6.45, 7) is 0. The first-order valence-electron chi connectivity index (χ1n) is 2.89. The molecule has 0 aliphatic heterocycles. The van der Waals surface area contributed by atoms with E-state index in [-0.39, 0.29) is 11.3 Å². The van der Waals surface area contributed by atoms with Crippen LogP contribution in [0.4, 0.5) is 0 Å². The SMILES string of the molecule is N=C1CC=CC=C1C(=O)O. The van der Waals surface area contributed by atoms with E-state index in [4.69, 9.17) is 10.5 Å². The first-order chi connectivity index (χ1) is 4.72. The van der Waals surface area contributed by atoms with E-state index in [1.54, 1.807) is 12.2 Å². The standard InChI is InChI=1S/C7H7NO2/c8-6-4-2-1-3-5(6)7(9)10/h1-3,8H,4H2,(H,9,10). The number of aliphatic carboxylic acids is 1. The minimum atomic E-state index is -1.02. The van der Waals surface area contributed by atoms with Gasteiger partial charge in [0.2, 0.25) is 0 Å². The lowest BCUT2D eigenvalue weighted by molar-refractivity contribution is -0.132. The van der Waals surface area contributed by atoms with E-state index in [0.717, 1.165) is 0 Å². The fourth-order valence-electron chi connectivity index (χ4n) is 0.761. The lowest BCUT2D eigenvalue weighted by atomic mass is 10.0. The summed E-state index contributed by atoms with van der Waals surface area (Å²) in [7, 11) is 0. The maximum Gasteiger partial charge on any atom is 0.337 e. The molecule has 0 spiro atoms. The third-order valence-corrected chi connectivity index (χ3v) is 1.28. The maximum atomic E-state index is 10.3. The topological polar surface area (TPSA) is 61.2 Å². The predicted octanol–water partition coefficient (Wildman–Crippen LogP) is 0.977. The first kappa shape index (κ1) is 6.74. The van der Waals surface area contributed by atoms with Gasteiger partial charge in [0.25, 0.3) is 0 Å². The van der Waals surface area contributed by atoms with Crippen LogP contribution in [0, 0.1) is 5.41 Å². The largest absolute Gasteiger partial charge is 0.478 e. The molecule has 0 heterocycles. The Morgan fingerprint density at radius 1 is 1.70 bits per heavy atom. The molecule has 10 heavy (non-hydrogen) atoms. The second kappa shape index (κ2) is 2.47. The molecular weight excluding hydrogens is 130 g/mol. The molecule has 1 aliphatic rings. The van der Waals surface area contributed by atoms with Crippen LogP contribution in [0.25, 0.3) is 0 Å². The highest BCUT2D eigenvalue weighted by atomic mass is 16.4. The summed E-state index contributed by atoms with van der Waals surface area (Å²) in [5.41, 5.74) is 0.275. The Hall–Kier alpha value is -1.38. The number of carbonyl (C=O) groups is 1. The van der Waals surface area contributed by atoms with Gasteiger partial charge in [-0.15, -0.1) is 0 Å². The van der Waals surface area contributed by atoms with Gasteiger partial charge in [-0.1, -0.05) is 12.2 Å². The molecular formula is C7H7NO2. The van der Waals surface area contributed by atoms with Gasteiger partial charge in [0.15, 0.2) is 0 Å². The van der Waals surface area contributed by atoms with Crippen LogP contribution in [0.2, 0.25) is 0 Å². The summed E-state index contributed by atoms with van der Waals surface area (Å²) in [6.07, 6.45) is 5.28. The van der Waals surface area contributed by atoms with Crippen LogP contribution in [0.5, 0.6) is 0 Å². The van der Waals surface area contributed by atoms with Crippen molar-refractivity contribution in [2.24, 2.45) is 0 Å². The Kier molecular flexibility index (Phi) is 1.67. The molecule has 0 amide bonds. The average Bonchev–Trinajstić information content (AvgIpc) is 1.88. The number of carboxylic acids is 1. The Labute approximate surface area is 58.2 Å². The zero-order valence-corrected chi connectivity index (χ0v) is 5.29. The Morgan fingerprint density at radius 2 is 2.40 bits per heavy atom. The molecule has 0 aromatic heterocycles. The summed E-state index contributed by atoms with van der Waals surface area (Å²) < 4.78 is 0. The lowest BCUT2D eigenvalue weighted by Crippen LogP contribution is -2.12. The molecule has 2 N–H and O–H groups in total. The number of hydrogen-bond donors (Lipinski definition) is 2. The van der Waals surface area contributed by atoms with Crippen molar-refractivity contribution in [3.8, 4) is 0 Å². The van der Waals surface area contributed by atoms with Crippen molar-refractivity contribution in [2.75, 3.05) is 0 Å². The summed E-state index contributed by atoms with van der Waals surface area (Å²) in [5.74, 6) is -1.02. The lowest BCUT2D eigenvalue weighted by Gasteiger charge is -2.03. The van der Waals surface area contributed by atoms with Gasteiger partial charge in [-0.05, 0) is 6.08 Å². The van der Waals surface area contributed by atoms with Gasteiger partial charge in [-0.25, -0.2) is 4.79 Å². The van der Waals surface area contributed by atoms with Gasteiger partial charge >= 0.3 is 5.97 Å². The molecule has 0 atom stereocenters. The monoisotopic (exact) mass is 137 g/mol. The average molecular weight is 137 g/mol. The van der Waals surface area contributed by atoms with Gasteiger partial charge in [0.05, 0.1) is 5.57 Å². The fraction of sp³-hybridized carbons (Fsp3) is 0.143. The van der Waals surface area contributed by atoms with E-state index in [0.29, 0.717) is 6.42 Å². The minimum absolute atomic E-state index is 0.0995. The van der Waals surface area contributed by atoms with Gasteiger partial charge in [-0.2, -0.15) is 0 Å². The smallest absolute Gasteiger partial charge is 0.337 e. The zero-order valence-electron chi connectivity index (χ0n) is 5.29. The van der Waals surface area contributed by atoms with Crippen LogP contribution in [0.1, 0.15) is 6.42 Å². The molecule has 0 aromatic rings. The van der Waals surface area contributed by atoms with Crippen LogP contribution in [-0.2, 0) is 4.79 Å². The van der Waals surface area contributed by atoms with Crippen molar-refractivity contribution in [3.05, 3.63) is 23.8 Å². The second-order valence-electron chi connectivity index (χ2n) is 2.00. The molecule has 3 nitrogen and oxygen atoms in total. The van der Waals surface area contributed by atoms with Gasteiger partial charge < -0.3 is 10.5 Å². The van der Waals surface area contributed by atoms with Gasteiger partial charge in [0.1, 0.15) is 0 Å². The summed E-state index contributed by atoms with van der Waals surface area (Å²) in [6, 6.07) is 0. The van der Waals surface area contributed by atoms with Crippen LogP contribution in [-0.4, -0.2) is 16.8 Å². The number of allylic oxidation sites excluding steroid dienone is 3. The Balaban J connectivity index is 2.91. The fourth-order valence-corrected chi connectivity index (χ4v) is 0.761. The van der Waals surface area contributed by atoms with Crippen LogP contribution in [0.3, 0.4) is 0 Å². The summed E-state index contributed by atoms with van der Waals surface area (Å²) >= 11 is 0. The molecule has 0 radical (unpaired) electrons. The van der Waals surface area contributed by atoms with Crippen molar-refractivity contribution in [1.82, 2.24) is 0 Å². The van der Waals surface area contributed by atoms with Crippen molar-refractivity contribution >= 4 is 11.7 Å². The molecule has 0 saturated carbocycles. The summed E-state index contributed by atoms with van der Waals surface area (Å²) in [5, 5.41) is 15.6. The molecule has 0 unspecified atom stereocenters. The quantitative estimate of drug-likeness (QED) is 0.565. The van der Waals surface area contributed by atoms with Crippen molar-refractivity contribution < 1.29 is 9.90 Å². The summed E-state index contributed by atoms with van der Waals surface area (Å²) in [4.78, 5) is 10.3. The van der Waals surface area contributed by atoms with Crippen molar-refractivity contribution in [3.63, 3.8) is 0 Å². The number of carboxylic acid groups (broad SMARTS) is 1. The molecule has 1 aliphatic carbocycles. The van der Waals surface area contributed by atoms with E-state index in [9.17, 15) is 4.79 Å². The van der Waals surface area contributed by atoms with Crippen molar-refractivity contribution in [1.29, 1.82) is 5.41 Å². The molecule has 1 rings (SSSR count). The highest BCUT2D eigenvalue weighted by molar-refractivity contribution is 6.19. The minimum Gasteiger partial charge on any atom is -0.478 e. The van der Waals surface area contributed by atoms with E-state index < -0.39 is 5.97 Å². The third-order valence-electron chi connectivity index (χ3n) is 1.28. The maximum absolute atomic E-state index is 10.3. The predicted molar refractivity (Wildman–Crippen MR) is 37.2 cm³/mol. The highest BCUT2D eigenvalue weighted by Crippen LogP contribution is 2.07. The van der Waals surface area contributed by atoms with Crippen LogP contribution >= 0.6 is 0 Å². The van der Waals surface area contributed by atoms with E-state index >= 15 is 0 Å². The normalized spacial score (nSPS) is 16.8. The highest BCUT2D eigenvalue weighted by Gasteiger charge is 2.12. The van der Waals surface area contributed by atoms with Gasteiger partial charge in [-0.3, -0.25) is 0 Å². The Bertz CT molecular complexity index is 238. The van der Waals surface area contributed by atoms with Crippen LogP contribution < -0.4 is 0 Å². The van der Waals surface area contributed by atoms with E-state index in [2.05, 4.69) is 0 Å². The third kappa shape index (κ3) is 1.13. The molecule has 3 heteroatoms. The number of hydrogen-bond acceptors (Lipinski definition) is 2. The number of rotatable bonds is 1. The first-order valence-corrected chi connectivity index (χ1v) is 2.89. The second-order valence-corrected chi connectivity index (χ2v) is 2.00. The molecule has 0 bridgehead atoms. The van der Waals surface area contributed by atoms with Crippen molar-refractivity contribution in [2.45, 2.75) is 6.42 Å². The van der Waals surface area contributed by atoms with Gasteiger partial charge in [0, 0.05) is 12.1 Å². The van der Waals surface area contributed by atoms with Crippen LogP contribution in [0.15, 0.2) is 23.8 Å². The molecule has 0 saturated heterocycles. The zero-order chi connectivity index (χ0) is 7.56. The molecule has 0 fully saturated rings. The Morgan fingerprint density at radius 3 is 2.80 bits per heavy atom. The van der Waals surface area contributed by atoms with E-state index in [1.807, 2.05) is 0 Å². The van der Waals surface area contributed by atoms with E-state index in [1.165, 1.54) is 6.08 Å². The molecule has 0 aromatic carbocycles.